The van der Waals surface area contributed by atoms with E-state index in [4.69, 9.17) is 18.9 Å². The second-order valence-electron chi connectivity index (χ2n) is 7.02. The molecular formula is C23H24O4. The van der Waals surface area contributed by atoms with Crippen LogP contribution in [0, 0.1) is 5.41 Å². The van der Waals surface area contributed by atoms with Gasteiger partial charge in [-0.3, -0.25) is 0 Å². The molecular weight excluding hydrogens is 340 g/mol. The molecule has 4 rings (SSSR count). The third-order valence-corrected chi connectivity index (χ3v) is 4.71. The Morgan fingerprint density at radius 2 is 0.963 bits per heavy atom. The Bertz CT molecular complexity index is 682. The Morgan fingerprint density at radius 1 is 0.593 bits per heavy atom. The quantitative estimate of drug-likeness (QED) is 0.817. The fraction of sp³-hybridized carbons (Fsp3) is 0.304. The normalized spacial score (nSPS) is 28.9. The molecule has 0 unspecified atom stereocenters. The third kappa shape index (κ3) is 4.93. The number of hydrogen-bond acceptors (Lipinski definition) is 4. The molecule has 140 valence electrons. The predicted molar refractivity (Wildman–Crippen MR) is 105 cm³/mol. The van der Waals surface area contributed by atoms with Crippen molar-refractivity contribution in [1.82, 2.24) is 0 Å². The molecule has 0 aliphatic carbocycles. The van der Waals surface area contributed by atoms with Crippen molar-refractivity contribution >= 4 is 12.2 Å². The SMILES string of the molecule is C(=CC1OCC2(CO1)COC(C=Cc1ccccc1)OC2)c1ccccc1. The van der Waals surface area contributed by atoms with Gasteiger partial charge in [-0.25, -0.2) is 0 Å². The van der Waals surface area contributed by atoms with E-state index in [0.717, 1.165) is 11.1 Å². The van der Waals surface area contributed by atoms with Gasteiger partial charge in [0.15, 0.2) is 12.6 Å². The average molecular weight is 364 g/mol. The maximum absolute atomic E-state index is 5.87. The van der Waals surface area contributed by atoms with Crippen LogP contribution >= 0.6 is 0 Å². The lowest BCUT2D eigenvalue weighted by molar-refractivity contribution is -0.282. The molecule has 2 aliphatic rings. The molecule has 1 spiro atoms. The molecule has 0 bridgehead atoms. The molecule has 0 atom stereocenters. The van der Waals surface area contributed by atoms with Gasteiger partial charge in [0.1, 0.15) is 0 Å². The minimum atomic E-state index is -0.327. The van der Waals surface area contributed by atoms with Crippen molar-refractivity contribution in [1.29, 1.82) is 0 Å². The molecule has 2 aliphatic heterocycles. The molecule has 0 saturated carbocycles. The summed E-state index contributed by atoms with van der Waals surface area (Å²) < 4.78 is 23.5. The Morgan fingerprint density at radius 3 is 1.33 bits per heavy atom. The summed E-state index contributed by atoms with van der Waals surface area (Å²) in [6, 6.07) is 20.2. The van der Waals surface area contributed by atoms with E-state index in [9.17, 15) is 0 Å². The standard InChI is InChI=1S/C23H24O4/c1-3-7-19(8-4-1)11-13-21-24-15-23(16-25-21)17-26-22(27-18-23)14-12-20-9-5-2-6-10-20/h1-14,21-22H,15-18H2. The largest absolute Gasteiger partial charge is 0.348 e. The first-order valence-electron chi connectivity index (χ1n) is 9.24. The molecule has 0 radical (unpaired) electrons. The van der Waals surface area contributed by atoms with E-state index in [1.807, 2.05) is 85.0 Å². The van der Waals surface area contributed by atoms with Gasteiger partial charge in [0.25, 0.3) is 0 Å². The minimum Gasteiger partial charge on any atom is -0.348 e. The van der Waals surface area contributed by atoms with E-state index in [-0.39, 0.29) is 18.0 Å². The molecule has 2 heterocycles. The van der Waals surface area contributed by atoms with Crippen LogP contribution in [0.5, 0.6) is 0 Å². The van der Waals surface area contributed by atoms with E-state index in [2.05, 4.69) is 0 Å². The molecule has 0 aromatic heterocycles. The van der Waals surface area contributed by atoms with Gasteiger partial charge in [0.2, 0.25) is 0 Å². The summed E-state index contributed by atoms with van der Waals surface area (Å²) in [5, 5.41) is 0. The maximum atomic E-state index is 5.87. The second-order valence-corrected chi connectivity index (χ2v) is 7.02. The number of ether oxygens (including phenoxy) is 4. The van der Waals surface area contributed by atoms with Crippen LogP contribution in [0.2, 0.25) is 0 Å². The van der Waals surface area contributed by atoms with Crippen molar-refractivity contribution in [3.05, 3.63) is 83.9 Å². The fourth-order valence-electron chi connectivity index (χ4n) is 3.11. The Hall–Kier alpha value is -2.24. The van der Waals surface area contributed by atoms with Crippen LogP contribution in [0.4, 0.5) is 0 Å². The second kappa shape index (κ2) is 8.63. The monoisotopic (exact) mass is 364 g/mol. The van der Waals surface area contributed by atoms with Gasteiger partial charge in [0.05, 0.1) is 31.8 Å². The maximum Gasteiger partial charge on any atom is 0.177 e. The number of hydrogen-bond donors (Lipinski definition) is 0. The highest BCUT2D eigenvalue weighted by Crippen LogP contribution is 2.31. The Balaban J connectivity index is 1.25. The zero-order chi connectivity index (χ0) is 18.4. The molecule has 2 saturated heterocycles. The number of rotatable bonds is 4. The van der Waals surface area contributed by atoms with E-state index >= 15 is 0 Å². The van der Waals surface area contributed by atoms with Crippen LogP contribution in [0.25, 0.3) is 12.2 Å². The third-order valence-electron chi connectivity index (χ3n) is 4.71. The van der Waals surface area contributed by atoms with Crippen molar-refractivity contribution in [2.75, 3.05) is 26.4 Å². The van der Waals surface area contributed by atoms with Crippen molar-refractivity contribution in [3.63, 3.8) is 0 Å². The first kappa shape index (κ1) is 18.1. The summed E-state index contributed by atoms with van der Waals surface area (Å²) in [5.41, 5.74) is 2.03. The molecule has 4 heteroatoms. The highest BCUT2D eigenvalue weighted by Gasteiger charge is 2.41. The predicted octanol–water partition coefficient (Wildman–Crippen LogP) is 4.15. The average Bonchev–Trinajstić information content (AvgIpc) is 2.75. The van der Waals surface area contributed by atoms with Gasteiger partial charge in [-0.05, 0) is 23.3 Å². The van der Waals surface area contributed by atoms with Gasteiger partial charge < -0.3 is 18.9 Å². The minimum absolute atomic E-state index is 0.228. The van der Waals surface area contributed by atoms with Crippen LogP contribution in [0.3, 0.4) is 0 Å². The first-order chi connectivity index (χ1) is 13.3. The van der Waals surface area contributed by atoms with Crippen molar-refractivity contribution < 1.29 is 18.9 Å². The summed E-state index contributed by atoms with van der Waals surface area (Å²) in [6.45, 7) is 2.25. The summed E-state index contributed by atoms with van der Waals surface area (Å²) in [5.74, 6) is 0. The van der Waals surface area contributed by atoms with Gasteiger partial charge in [-0.1, -0.05) is 72.8 Å². The van der Waals surface area contributed by atoms with Crippen LogP contribution in [-0.4, -0.2) is 39.0 Å². The van der Waals surface area contributed by atoms with Gasteiger partial charge in [-0.15, -0.1) is 0 Å². The highest BCUT2D eigenvalue weighted by atomic mass is 16.7. The van der Waals surface area contributed by atoms with Crippen LogP contribution < -0.4 is 0 Å². The first-order valence-corrected chi connectivity index (χ1v) is 9.24. The van der Waals surface area contributed by atoms with Crippen LogP contribution in [0.15, 0.2) is 72.8 Å². The lowest BCUT2D eigenvalue weighted by Crippen LogP contribution is -2.51. The van der Waals surface area contributed by atoms with E-state index in [1.54, 1.807) is 0 Å². The van der Waals surface area contributed by atoms with Crippen LogP contribution in [-0.2, 0) is 18.9 Å². The molecule has 0 amide bonds. The summed E-state index contributed by atoms with van der Waals surface area (Å²) in [4.78, 5) is 0. The molecule has 27 heavy (non-hydrogen) atoms. The topological polar surface area (TPSA) is 36.9 Å². The molecule has 2 aromatic rings. The molecule has 2 fully saturated rings. The summed E-state index contributed by atoms with van der Waals surface area (Å²) >= 11 is 0. The summed E-state index contributed by atoms with van der Waals surface area (Å²) in [7, 11) is 0. The van der Waals surface area contributed by atoms with Gasteiger partial charge in [0, 0.05) is 0 Å². The van der Waals surface area contributed by atoms with Gasteiger partial charge in [-0.2, -0.15) is 0 Å². The lowest BCUT2D eigenvalue weighted by Gasteiger charge is -2.42. The highest BCUT2D eigenvalue weighted by molar-refractivity contribution is 5.49. The van der Waals surface area contributed by atoms with Crippen molar-refractivity contribution in [3.8, 4) is 0 Å². The van der Waals surface area contributed by atoms with E-state index in [0.29, 0.717) is 26.4 Å². The molecule has 0 N–H and O–H groups in total. The zero-order valence-corrected chi connectivity index (χ0v) is 15.2. The smallest absolute Gasteiger partial charge is 0.177 e. The van der Waals surface area contributed by atoms with Gasteiger partial charge >= 0.3 is 0 Å². The Labute approximate surface area is 160 Å². The van der Waals surface area contributed by atoms with Crippen molar-refractivity contribution in [2.45, 2.75) is 12.6 Å². The number of benzene rings is 2. The van der Waals surface area contributed by atoms with E-state index < -0.39 is 0 Å². The molecule has 2 aromatic carbocycles. The fourth-order valence-corrected chi connectivity index (χ4v) is 3.11. The lowest BCUT2D eigenvalue weighted by atomic mass is 9.91. The van der Waals surface area contributed by atoms with E-state index in [1.165, 1.54) is 0 Å². The van der Waals surface area contributed by atoms with Crippen molar-refractivity contribution in [2.24, 2.45) is 5.41 Å². The Kier molecular flexibility index (Phi) is 5.80. The molecule has 4 nitrogen and oxygen atoms in total. The van der Waals surface area contributed by atoms with Crippen LogP contribution in [0.1, 0.15) is 11.1 Å². The summed E-state index contributed by atoms with van der Waals surface area (Å²) in [6.07, 6.45) is 7.26. The zero-order valence-electron chi connectivity index (χ0n) is 15.2.